The first-order chi connectivity index (χ1) is 8.33. The Labute approximate surface area is 104 Å². The fourth-order valence-corrected chi connectivity index (χ4v) is 2.14. The summed E-state index contributed by atoms with van der Waals surface area (Å²) in [5.74, 6) is 1.65. The van der Waals surface area contributed by atoms with Crippen LogP contribution in [0.3, 0.4) is 0 Å². The van der Waals surface area contributed by atoms with Crippen molar-refractivity contribution in [2.75, 3.05) is 13.2 Å². The molecule has 0 radical (unpaired) electrons. The molecule has 0 N–H and O–H groups in total. The van der Waals surface area contributed by atoms with Gasteiger partial charge in [-0.05, 0) is 36.5 Å². The summed E-state index contributed by atoms with van der Waals surface area (Å²) in [5, 5.41) is 0. The molecule has 0 spiro atoms. The van der Waals surface area contributed by atoms with Crippen LogP contribution >= 0.6 is 0 Å². The molecule has 17 heavy (non-hydrogen) atoms. The predicted molar refractivity (Wildman–Crippen MR) is 69.6 cm³/mol. The van der Waals surface area contributed by atoms with E-state index in [1.165, 1.54) is 24.8 Å². The average Bonchev–Trinajstić information content (AvgIpc) is 3.18. The van der Waals surface area contributed by atoms with Gasteiger partial charge in [0.25, 0.3) is 0 Å². The van der Waals surface area contributed by atoms with Crippen molar-refractivity contribution in [3.8, 4) is 5.75 Å². The molecule has 1 fully saturated rings. The Morgan fingerprint density at radius 1 is 1.29 bits per heavy atom. The zero-order chi connectivity index (χ0) is 12.1. The minimum atomic E-state index is 0.332. The lowest BCUT2D eigenvalue weighted by atomic mass is 9.92. The van der Waals surface area contributed by atoms with Crippen LogP contribution in [0.4, 0.5) is 0 Å². The second-order valence-corrected chi connectivity index (χ2v) is 4.73. The molecule has 0 bridgehead atoms. The van der Waals surface area contributed by atoms with Crippen molar-refractivity contribution in [1.29, 1.82) is 0 Å². The van der Waals surface area contributed by atoms with E-state index in [2.05, 4.69) is 38.1 Å². The number of hydrogen-bond donors (Lipinski definition) is 0. The SMILES string of the molecule is CCCC(CC)c1ccc(OCC2CO2)cc1. The third-order valence-electron chi connectivity index (χ3n) is 3.32. The molecule has 2 unspecified atom stereocenters. The molecule has 2 atom stereocenters. The average molecular weight is 234 g/mol. The Hall–Kier alpha value is -1.02. The highest BCUT2D eigenvalue weighted by atomic mass is 16.6. The summed E-state index contributed by atoms with van der Waals surface area (Å²) in [7, 11) is 0. The third-order valence-corrected chi connectivity index (χ3v) is 3.32. The molecule has 0 amide bonds. The Morgan fingerprint density at radius 3 is 2.53 bits per heavy atom. The largest absolute Gasteiger partial charge is 0.491 e. The first-order valence-electron chi connectivity index (χ1n) is 6.67. The van der Waals surface area contributed by atoms with Crippen LogP contribution in [0, 0.1) is 0 Å². The normalized spacial score (nSPS) is 20.0. The lowest BCUT2D eigenvalue weighted by Gasteiger charge is -2.14. The highest BCUT2D eigenvalue weighted by Gasteiger charge is 2.23. The Bertz CT molecular complexity index is 327. The molecule has 0 aliphatic carbocycles. The standard InChI is InChI=1S/C15H22O2/c1-3-5-12(4-2)13-6-8-14(9-7-13)16-10-15-11-17-15/h6-9,12,15H,3-5,10-11H2,1-2H3. The lowest BCUT2D eigenvalue weighted by molar-refractivity contribution is 0.263. The van der Waals surface area contributed by atoms with Gasteiger partial charge < -0.3 is 9.47 Å². The van der Waals surface area contributed by atoms with Crippen LogP contribution in [-0.2, 0) is 4.74 Å². The molecule has 2 heteroatoms. The van der Waals surface area contributed by atoms with Gasteiger partial charge in [0, 0.05) is 0 Å². The van der Waals surface area contributed by atoms with E-state index in [1.54, 1.807) is 0 Å². The second-order valence-electron chi connectivity index (χ2n) is 4.73. The van der Waals surface area contributed by atoms with Crippen molar-refractivity contribution >= 4 is 0 Å². The second kappa shape index (κ2) is 6.06. The molecule has 1 aromatic carbocycles. The van der Waals surface area contributed by atoms with Gasteiger partial charge in [-0.3, -0.25) is 0 Å². The number of ether oxygens (including phenoxy) is 2. The van der Waals surface area contributed by atoms with E-state index in [4.69, 9.17) is 9.47 Å². The maximum Gasteiger partial charge on any atom is 0.119 e. The summed E-state index contributed by atoms with van der Waals surface area (Å²) >= 11 is 0. The van der Waals surface area contributed by atoms with Crippen molar-refractivity contribution < 1.29 is 9.47 Å². The van der Waals surface area contributed by atoms with Crippen LogP contribution in [0.25, 0.3) is 0 Å². The van der Waals surface area contributed by atoms with E-state index < -0.39 is 0 Å². The van der Waals surface area contributed by atoms with Crippen LogP contribution in [0.15, 0.2) is 24.3 Å². The minimum Gasteiger partial charge on any atom is -0.491 e. The maximum absolute atomic E-state index is 5.63. The van der Waals surface area contributed by atoms with Gasteiger partial charge in [0.05, 0.1) is 6.61 Å². The molecule has 1 heterocycles. The number of rotatable bonds is 7. The van der Waals surface area contributed by atoms with Crippen LogP contribution in [-0.4, -0.2) is 19.3 Å². The molecule has 0 aromatic heterocycles. The summed E-state index contributed by atoms with van der Waals surface area (Å²) in [4.78, 5) is 0. The fraction of sp³-hybridized carbons (Fsp3) is 0.600. The lowest BCUT2D eigenvalue weighted by Crippen LogP contribution is -2.04. The predicted octanol–water partition coefficient (Wildman–Crippen LogP) is 3.76. The Morgan fingerprint density at radius 2 is 2.00 bits per heavy atom. The minimum absolute atomic E-state index is 0.332. The van der Waals surface area contributed by atoms with Gasteiger partial charge in [-0.2, -0.15) is 0 Å². The molecule has 2 nitrogen and oxygen atoms in total. The van der Waals surface area contributed by atoms with Crippen molar-refractivity contribution in [2.45, 2.75) is 45.1 Å². The van der Waals surface area contributed by atoms with E-state index in [-0.39, 0.29) is 0 Å². The summed E-state index contributed by atoms with van der Waals surface area (Å²) < 4.78 is 10.7. The Balaban J connectivity index is 1.90. The van der Waals surface area contributed by atoms with Crippen LogP contribution in [0.2, 0.25) is 0 Å². The van der Waals surface area contributed by atoms with Crippen LogP contribution < -0.4 is 4.74 Å². The van der Waals surface area contributed by atoms with Gasteiger partial charge in [-0.15, -0.1) is 0 Å². The zero-order valence-corrected chi connectivity index (χ0v) is 10.8. The van der Waals surface area contributed by atoms with Gasteiger partial charge in [0.2, 0.25) is 0 Å². The van der Waals surface area contributed by atoms with E-state index in [1.807, 2.05) is 0 Å². The first-order valence-corrected chi connectivity index (χ1v) is 6.67. The van der Waals surface area contributed by atoms with Crippen LogP contribution in [0.1, 0.15) is 44.6 Å². The summed E-state index contributed by atoms with van der Waals surface area (Å²) in [6.07, 6.45) is 4.06. The van der Waals surface area contributed by atoms with Crippen molar-refractivity contribution in [2.24, 2.45) is 0 Å². The highest BCUT2D eigenvalue weighted by Crippen LogP contribution is 2.26. The van der Waals surface area contributed by atoms with Gasteiger partial charge in [0.15, 0.2) is 0 Å². The topological polar surface area (TPSA) is 21.8 Å². The molecule has 94 valence electrons. The zero-order valence-electron chi connectivity index (χ0n) is 10.8. The fourth-order valence-electron chi connectivity index (χ4n) is 2.14. The van der Waals surface area contributed by atoms with Crippen molar-refractivity contribution in [3.63, 3.8) is 0 Å². The van der Waals surface area contributed by atoms with Gasteiger partial charge in [0.1, 0.15) is 18.5 Å². The van der Waals surface area contributed by atoms with Crippen molar-refractivity contribution in [3.05, 3.63) is 29.8 Å². The molecule has 1 saturated heterocycles. The van der Waals surface area contributed by atoms with Gasteiger partial charge in [-0.25, -0.2) is 0 Å². The molecule has 0 saturated carbocycles. The maximum atomic E-state index is 5.63. The van der Waals surface area contributed by atoms with E-state index in [0.717, 1.165) is 12.4 Å². The monoisotopic (exact) mass is 234 g/mol. The highest BCUT2D eigenvalue weighted by molar-refractivity contribution is 5.29. The number of hydrogen-bond acceptors (Lipinski definition) is 2. The quantitative estimate of drug-likeness (QED) is 0.670. The number of benzene rings is 1. The smallest absolute Gasteiger partial charge is 0.119 e. The molecule has 1 aliphatic heterocycles. The molecule has 1 aromatic rings. The van der Waals surface area contributed by atoms with Crippen LogP contribution in [0.5, 0.6) is 5.75 Å². The molecular weight excluding hydrogens is 212 g/mol. The van der Waals surface area contributed by atoms with Gasteiger partial charge in [-0.1, -0.05) is 32.4 Å². The summed E-state index contributed by atoms with van der Waals surface area (Å²) in [6.45, 7) is 6.04. The summed E-state index contributed by atoms with van der Waals surface area (Å²) in [6, 6.07) is 8.56. The molecule has 2 rings (SSSR count). The Kier molecular flexibility index (Phi) is 4.43. The first kappa shape index (κ1) is 12.4. The number of epoxide rings is 1. The van der Waals surface area contributed by atoms with E-state index in [0.29, 0.717) is 18.6 Å². The van der Waals surface area contributed by atoms with E-state index >= 15 is 0 Å². The van der Waals surface area contributed by atoms with Gasteiger partial charge >= 0.3 is 0 Å². The van der Waals surface area contributed by atoms with Crippen molar-refractivity contribution in [1.82, 2.24) is 0 Å². The summed E-state index contributed by atoms with van der Waals surface area (Å²) in [5.41, 5.74) is 1.43. The molecule has 1 aliphatic rings. The van der Waals surface area contributed by atoms with E-state index in [9.17, 15) is 0 Å². The third kappa shape index (κ3) is 3.74. The molecular formula is C15H22O2.